The summed E-state index contributed by atoms with van der Waals surface area (Å²) < 4.78 is 66.4. The van der Waals surface area contributed by atoms with Gasteiger partial charge in [0.05, 0.1) is 0 Å². The highest BCUT2D eigenvalue weighted by Crippen LogP contribution is 2.33. The van der Waals surface area contributed by atoms with E-state index in [2.05, 4.69) is 10.2 Å². The molecular weight excluding hydrogens is 361 g/mol. The van der Waals surface area contributed by atoms with Crippen LogP contribution < -0.4 is 10.6 Å². The van der Waals surface area contributed by atoms with Crippen LogP contribution in [0.15, 0.2) is 0 Å². The van der Waals surface area contributed by atoms with Crippen LogP contribution >= 0.6 is 0 Å². The normalized spacial score (nSPS) is 23.2. The first kappa shape index (κ1) is 18.6. The van der Waals surface area contributed by atoms with Gasteiger partial charge >= 0.3 is 11.8 Å². The van der Waals surface area contributed by atoms with Gasteiger partial charge in [0.2, 0.25) is 5.82 Å². The zero-order chi connectivity index (χ0) is 19.2. The van der Waals surface area contributed by atoms with Crippen LogP contribution in [0.25, 0.3) is 0 Å². The molecule has 1 saturated heterocycles. The van der Waals surface area contributed by atoms with Crippen molar-refractivity contribution in [2.45, 2.75) is 44.3 Å². The van der Waals surface area contributed by atoms with Crippen LogP contribution in [0.1, 0.15) is 26.2 Å². The lowest BCUT2D eigenvalue weighted by Crippen LogP contribution is -2.43. The van der Waals surface area contributed by atoms with Crippen LogP contribution in [-0.2, 0) is 9.59 Å². The van der Waals surface area contributed by atoms with Gasteiger partial charge in [0.15, 0.2) is 23.3 Å². The first-order chi connectivity index (χ1) is 12.2. The molecule has 1 heterocycles. The minimum atomic E-state index is -2.34. The molecule has 2 atom stereocenters. The maximum absolute atomic E-state index is 13.6. The summed E-state index contributed by atoms with van der Waals surface area (Å²) in [4.78, 5) is 25.9. The summed E-state index contributed by atoms with van der Waals surface area (Å²) >= 11 is 0. The van der Waals surface area contributed by atoms with Gasteiger partial charge in [-0.05, 0) is 26.2 Å². The molecule has 1 aromatic carbocycles. The van der Waals surface area contributed by atoms with Crippen LogP contribution in [0, 0.1) is 29.1 Å². The smallest absolute Gasteiger partial charge is 0.313 e. The molecule has 142 valence electrons. The van der Waals surface area contributed by atoms with Gasteiger partial charge in [-0.25, -0.2) is 22.0 Å². The molecule has 2 amide bonds. The van der Waals surface area contributed by atoms with E-state index in [0.717, 1.165) is 12.8 Å². The summed E-state index contributed by atoms with van der Waals surface area (Å²) in [5, 5.41) is 3.88. The van der Waals surface area contributed by atoms with E-state index in [1.165, 1.54) is 5.32 Å². The van der Waals surface area contributed by atoms with E-state index in [1.54, 1.807) is 0 Å². The molecule has 1 aliphatic heterocycles. The molecule has 0 radical (unpaired) electrons. The molecule has 10 heteroatoms. The molecule has 2 aliphatic rings. The summed E-state index contributed by atoms with van der Waals surface area (Å²) in [6.07, 6.45) is 2.75. The molecule has 2 N–H and O–H groups in total. The third kappa shape index (κ3) is 3.37. The predicted octanol–water partition coefficient (Wildman–Crippen LogP) is 2.06. The number of halogens is 5. The number of amides is 2. The van der Waals surface area contributed by atoms with Crippen molar-refractivity contribution >= 4 is 17.5 Å². The van der Waals surface area contributed by atoms with E-state index in [1.807, 2.05) is 6.92 Å². The van der Waals surface area contributed by atoms with E-state index in [4.69, 9.17) is 0 Å². The van der Waals surface area contributed by atoms with Crippen molar-refractivity contribution in [2.24, 2.45) is 0 Å². The Morgan fingerprint density at radius 3 is 2.00 bits per heavy atom. The molecule has 26 heavy (non-hydrogen) atoms. The van der Waals surface area contributed by atoms with Crippen molar-refractivity contribution in [3.05, 3.63) is 29.1 Å². The van der Waals surface area contributed by atoms with Crippen LogP contribution in [-0.4, -0.2) is 41.4 Å². The number of hydrogen-bond acceptors (Lipinski definition) is 3. The van der Waals surface area contributed by atoms with Crippen molar-refractivity contribution in [3.8, 4) is 0 Å². The quantitative estimate of drug-likeness (QED) is 0.367. The summed E-state index contributed by atoms with van der Waals surface area (Å²) in [6, 6.07) is 0.348. The lowest BCUT2D eigenvalue weighted by Gasteiger charge is -2.19. The Hall–Kier alpha value is -2.23. The SMILES string of the molecule is C[C@H]1C[C@@H](NC(=O)C(=O)Nc2c(F)c(F)c(F)c(F)c2F)CN1C1CC1. The number of likely N-dealkylation sites (tertiary alicyclic amines) is 1. The van der Waals surface area contributed by atoms with Crippen molar-refractivity contribution in [3.63, 3.8) is 0 Å². The standard InChI is InChI=1S/C16H16F5N3O2/c1-6-4-7(5-24(6)8-2-3-8)22-15(25)16(26)23-14-12(20)10(18)9(17)11(19)13(14)21/h6-8H,2-5H2,1H3,(H,22,25)(H,23,26)/t6-,7+/m0/s1. The molecule has 2 fully saturated rings. The van der Waals surface area contributed by atoms with Crippen LogP contribution in [0.3, 0.4) is 0 Å². The first-order valence-corrected chi connectivity index (χ1v) is 8.09. The molecule has 0 aromatic heterocycles. The van der Waals surface area contributed by atoms with Gasteiger partial charge in [-0.2, -0.15) is 0 Å². The maximum Gasteiger partial charge on any atom is 0.313 e. The van der Waals surface area contributed by atoms with Crippen LogP contribution in [0.4, 0.5) is 27.6 Å². The fourth-order valence-electron chi connectivity index (χ4n) is 3.21. The Morgan fingerprint density at radius 2 is 1.46 bits per heavy atom. The van der Waals surface area contributed by atoms with Gasteiger partial charge in [-0.15, -0.1) is 0 Å². The van der Waals surface area contributed by atoms with Gasteiger partial charge in [0.25, 0.3) is 0 Å². The Kier molecular flexibility index (Phi) is 4.87. The number of nitrogens with one attached hydrogen (secondary N) is 2. The molecule has 3 rings (SSSR count). The van der Waals surface area contributed by atoms with E-state index >= 15 is 0 Å². The number of benzene rings is 1. The number of hydrogen-bond donors (Lipinski definition) is 2. The highest BCUT2D eigenvalue weighted by Gasteiger charge is 2.39. The lowest BCUT2D eigenvalue weighted by atomic mass is 10.2. The molecule has 5 nitrogen and oxygen atoms in total. The molecule has 0 bridgehead atoms. The molecular formula is C16H16F5N3O2. The summed E-state index contributed by atoms with van der Waals surface area (Å²) in [6.45, 7) is 2.52. The van der Waals surface area contributed by atoms with Crippen LogP contribution in [0.5, 0.6) is 0 Å². The number of carbonyl (C=O) groups is 2. The number of nitrogens with zero attached hydrogens (tertiary/aromatic N) is 1. The minimum Gasteiger partial charge on any atom is -0.344 e. The maximum atomic E-state index is 13.6. The van der Waals surface area contributed by atoms with E-state index < -0.39 is 46.6 Å². The summed E-state index contributed by atoms with van der Waals surface area (Å²) in [5.41, 5.74) is -1.55. The molecule has 1 saturated carbocycles. The van der Waals surface area contributed by atoms with Gasteiger partial charge in [-0.3, -0.25) is 14.5 Å². The Balaban J connectivity index is 1.66. The fraction of sp³-hybridized carbons (Fsp3) is 0.500. The van der Waals surface area contributed by atoms with E-state index in [0.29, 0.717) is 19.0 Å². The zero-order valence-corrected chi connectivity index (χ0v) is 13.7. The van der Waals surface area contributed by atoms with Gasteiger partial charge < -0.3 is 10.6 Å². The number of anilines is 1. The monoisotopic (exact) mass is 377 g/mol. The van der Waals surface area contributed by atoms with Crippen molar-refractivity contribution in [1.82, 2.24) is 10.2 Å². The van der Waals surface area contributed by atoms with Crippen LogP contribution in [0.2, 0.25) is 0 Å². The number of rotatable bonds is 3. The van der Waals surface area contributed by atoms with Gasteiger partial charge in [-0.1, -0.05) is 0 Å². The Labute approximate surface area is 145 Å². The zero-order valence-electron chi connectivity index (χ0n) is 13.7. The Bertz CT molecular complexity index is 740. The summed E-state index contributed by atoms with van der Waals surface area (Å²) in [5.74, 6) is -13.9. The second kappa shape index (κ2) is 6.82. The first-order valence-electron chi connectivity index (χ1n) is 8.09. The molecule has 1 aliphatic carbocycles. The van der Waals surface area contributed by atoms with Gasteiger partial charge in [0, 0.05) is 24.7 Å². The van der Waals surface area contributed by atoms with E-state index in [9.17, 15) is 31.5 Å². The minimum absolute atomic E-state index is 0.214. The second-order valence-electron chi connectivity index (χ2n) is 6.58. The molecule has 1 aromatic rings. The lowest BCUT2D eigenvalue weighted by molar-refractivity contribution is -0.136. The molecule has 0 spiro atoms. The van der Waals surface area contributed by atoms with Crippen molar-refractivity contribution in [2.75, 3.05) is 11.9 Å². The number of carbonyl (C=O) groups excluding carboxylic acids is 2. The highest BCUT2D eigenvalue weighted by molar-refractivity contribution is 6.39. The average Bonchev–Trinajstić information content (AvgIpc) is 3.38. The molecule has 0 unspecified atom stereocenters. The highest BCUT2D eigenvalue weighted by atomic mass is 19.2. The third-order valence-electron chi connectivity index (χ3n) is 4.63. The third-order valence-corrected chi connectivity index (χ3v) is 4.63. The fourth-order valence-corrected chi connectivity index (χ4v) is 3.21. The average molecular weight is 377 g/mol. The summed E-state index contributed by atoms with van der Waals surface area (Å²) in [7, 11) is 0. The van der Waals surface area contributed by atoms with Gasteiger partial charge in [0.1, 0.15) is 5.69 Å². The largest absolute Gasteiger partial charge is 0.344 e. The van der Waals surface area contributed by atoms with Crippen molar-refractivity contribution < 1.29 is 31.5 Å². The van der Waals surface area contributed by atoms with E-state index in [-0.39, 0.29) is 12.1 Å². The van der Waals surface area contributed by atoms with Crippen molar-refractivity contribution in [1.29, 1.82) is 0 Å². The second-order valence-corrected chi connectivity index (χ2v) is 6.58. The topological polar surface area (TPSA) is 61.4 Å². The predicted molar refractivity (Wildman–Crippen MR) is 80.6 cm³/mol. The Morgan fingerprint density at radius 1 is 0.923 bits per heavy atom.